The summed E-state index contributed by atoms with van der Waals surface area (Å²) < 4.78 is 0. The van der Waals surface area contributed by atoms with Gasteiger partial charge in [0.1, 0.15) is 0 Å². The van der Waals surface area contributed by atoms with E-state index < -0.39 is 0 Å². The van der Waals surface area contributed by atoms with E-state index in [1.54, 1.807) is 11.8 Å². The number of benzene rings is 1. The molecule has 80 valence electrons. The minimum atomic E-state index is 0.236. The SMILES string of the molecule is O=C1C2=C(C=CCC2)SCc2ccccc21. The van der Waals surface area contributed by atoms with Gasteiger partial charge in [0.15, 0.2) is 5.78 Å². The van der Waals surface area contributed by atoms with Gasteiger partial charge in [-0.1, -0.05) is 36.4 Å². The third kappa shape index (κ3) is 1.54. The topological polar surface area (TPSA) is 17.1 Å². The third-order valence-corrected chi connectivity index (χ3v) is 4.20. The fourth-order valence-electron chi connectivity index (χ4n) is 2.19. The molecule has 0 fully saturated rings. The molecule has 0 aromatic heterocycles. The molecule has 0 atom stereocenters. The summed E-state index contributed by atoms with van der Waals surface area (Å²) in [5, 5.41) is 0. The number of ketones is 1. The highest BCUT2D eigenvalue weighted by atomic mass is 32.2. The van der Waals surface area contributed by atoms with Crippen molar-refractivity contribution in [2.45, 2.75) is 18.6 Å². The Morgan fingerprint density at radius 3 is 3.00 bits per heavy atom. The van der Waals surface area contributed by atoms with Gasteiger partial charge in [-0.05, 0) is 18.4 Å². The van der Waals surface area contributed by atoms with E-state index >= 15 is 0 Å². The van der Waals surface area contributed by atoms with Gasteiger partial charge in [-0.3, -0.25) is 4.79 Å². The summed E-state index contributed by atoms with van der Waals surface area (Å²) in [5.74, 6) is 1.14. The van der Waals surface area contributed by atoms with Crippen molar-refractivity contribution in [3.05, 3.63) is 58.0 Å². The van der Waals surface area contributed by atoms with Gasteiger partial charge in [0.2, 0.25) is 0 Å². The van der Waals surface area contributed by atoms with Crippen LogP contribution in [0, 0.1) is 0 Å². The van der Waals surface area contributed by atoms with Crippen LogP contribution in [0.1, 0.15) is 28.8 Å². The Bertz CT molecular complexity index is 511. The summed E-state index contributed by atoms with van der Waals surface area (Å²) in [5.41, 5.74) is 3.08. The molecule has 2 heteroatoms. The highest BCUT2D eigenvalue weighted by Gasteiger charge is 2.23. The minimum absolute atomic E-state index is 0.236. The van der Waals surface area contributed by atoms with Gasteiger partial charge in [-0.25, -0.2) is 0 Å². The molecule has 1 aromatic rings. The molecule has 0 bridgehead atoms. The fraction of sp³-hybridized carbons (Fsp3) is 0.214. The van der Waals surface area contributed by atoms with Crippen LogP contribution < -0.4 is 0 Å². The molecule has 1 aromatic carbocycles. The van der Waals surface area contributed by atoms with Gasteiger partial charge in [0.05, 0.1) is 0 Å². The van der Waals surface area contributed by atoms with E-state index in [9.17, 15) is 4.79 Å². The molecule has 0 amide bonds. The molecular formula is C14H12OS. The van der Waals surface area contributed by atoms with Gasteiger partial charge in [-0.15, -0.1) is 11.8 Å². The predicted octanol–water partition coefficient (Wildman–Crippen LogP) is 3.72. The number of allylic oxidation sites excluding steroid dienone is 3. The summed E-state index contributed by atoms with van der Waals surface area (Å²) in [6, 6.07) is 7.97. The van der Waals surface area contributed by atoms with Gasteiger partial charge >= 0.3 is 0 Å². The summed E-state index contributed by atoms with van der Waals surface area (Å²) in [4.78, 5) is 13.5. The first-order valence-corrected chi connectivity index (χ1v) is 6.50. The van der Waals surface area contributed by atoms with Crippen molar-refractivity contribution in [1.82, 2.24) is 0 Å². The lowest BCUT2D eigenvalue weighted by atomic mass is 9.94. The van der Waals surface area contributed by atoms with E-state index in [1.807, 2.05) is 18.2 Å². The molecule has 0 radical (unpaired) electrons. The number of hydrogen-bond donors (Lipinski definition) is 0. The molecule has 0 unspecified atom stereocenters. The van der Waals surface area contributed by atoms with Crippen LogP contribution in [0.5, 0.6) is 0 Å². The molecule has 2 aliphatic rings. The number of hydrogen-bond acceptors (Lipinski definition) is 2. The molecule has 0 spiro atoms. The monoisotopic (exact) mass is 228 g/mol. The first-order chi connectivity index (χ1) is 7.86. The summed E-state index contributed by atoms with van der Waals surface area (Å²) in [7, 11) is 0. The van der Waals surface area contributed by atoms with Crippen molar-refractivity contribution in [2.24, 2.45) is 0 Å². The van der Waals surface area contributed by atoms with Gasteiger partial charge in [-0.2, -0.15) is 0 Å². The molecular weight excluding hydrogens is 216 g/mol. The molecule has 0 saturated heterocycles. The first kappa shape index (κ1) is 9.91. The van der Waals surface area contributed by atoms with E-state index in [0.29, 0.717) is 0 Å². The lowest BCUT2D eigenvalue weighted by Gasteiger charge is -2.11. The molecule has 0 saturated carbocycles. The van der Waals surface area contributed by atoms with Gasteiger partial charge in [0.25, 0.3) is 0 Å². The van der Waals surface area contributed by atoms with E-state index in [-0.39, 0.29) is 5.78 Å². The second-order valence-corrected chi connectivity index (χ2v) is 5.08. The zero-order valence-electron chi connectivity index (χ0n) is 8.90. The molecule has 1 aliphatic heterocycles. The smallest absolute Gasteiger partial charge is 0.190 e. The van der Waals surface area contributed by atoms with Crippen molar-refractivity contribution in [1.29, 1.82) is 0 Å². The van der Waals surface area contributed by atoms with Crippen molar-refractivity contribution >= 4 is 17.5 Å². The van der Waals surface area contributed by atoms with Crippen LogP contribution in [0.25, 0.3) is 0 Å². The highest BCUT2D eigenvalue weighted by Crippen LogP contribution is 2.36. The van der Waals surface area contributed by atoms with Gasteiger partial charge in [0, 0.05) is 21.8 Å². The standard InChI is InChI=1S/C14H12OS/c15-14-11-6-2-1-5-10(11)9-16-13-8-4-3-7-12(13)14/h1-2,4-6,8H,3,7,9H2. The van der Waals surface area contributed by atoms with Crippen molar-refractivity contribution < 1.29 is 4.79 Å². The highest BCUT2D eigenvalue weighted by molar-refractivity contribution is 8.02. The Morgan fingerprint density at radius 1 is 1.19 bits per heavy atom. The number of carbonyl (C=O) groups is 1. The number of rotatable bonds is 0. The van der Waals surface area contributed by atoms with Crippen LogP contribution in [0.15, 0.2) is 46.9 Å². The first-order valence-electron chi connectivity index (χ1n) is 5.51. The van der Waals surface area contributed by atoms with Crippen LogP contribution in [-0.4, -0.2) is 5.78 Å². The van der Waals surface area contributed by atoms with E-state index in [2.05, 4.69) is 18.2 Å². The molecule has 0 N–H and O–H groups in total. The largest absolute Gasteiger partial charge is 0.289 e. The molecule has 3 rings (SSSR count). The minimum Gasteiger partial charge on any atom is -0.289 e. The normalized spacial score (nSPS) is 19.1. The van der Waals surface area contributed by atoms with Crippen LogP contribution in [0.3, 0.4) is 0 Å². The Morgan fingerprint density at radius 2 is 2.06 bits per heavy atom. The Hall–Kier alpha value is -1.28. The number of carbonyl (C=O) groups excluding carboxylic acids is 1. The second kappa shape index (κ2) is 3.95. The van der Waals surface area contributed by atoms with Crippen LogP contribution in [0.2, 0.25) is 0 Å². The quantitative estimate of drug-likeness (QED) is 0.673. The number of thioether (sulfide) groups is 1. The van der Waals surface area contributed by atoms with E-state index in [0.717, 1.165) is 29.7 Å². The predicted molar refractivity (Wildman–Crippen MR) is 67.5 cm³/mol. The Balaban J connectivity index is 2.13. The maximum atomic E-state index is 12.4. The lowest BCUT2D eigenvalue weighted by Crippen LogP contribution is -2.07. The average Bonchev–Trinajstić information content (AvgIpc) is 2.49. The number of Topliss-reactive ketones (excluding diaryl/α,β-unsaturated/α-hetero) is 1. The maximum Gasteiger partial charge on any atom is 0.190 e. The van der Waals surface area contributed by atoms with Crippen LogP contribution in [-0.2, 0) is 5.75 Å². The molecule has 1 heterocycles. The second-order valence-electron chi connectivity index (χ2n) is 4.06. The summed E-state index contributed by atoms with van der Waals surface area (Å²) >= 11 is 1.79. The zero-order valence-corrected chi connectivity index (χ0v) is 9.72. The van der Waals surface area contributed by atoms with E-state index in [1.165, 1.54) is 10.5 Å². The number of fused-ring (bicyclic) bond motifs is 1. The van der Waals surface area contributed by atoms with E-state index in [4.69, 9.17) is 0 Å². The van der Waals surface area contributed by atoms with Crippen molar-refractivity contribution in [2.75, 3.05) is 0 Å². The summed E-state index contributed by atoms with van der Waals surface area (Å²) in [6.07, 6.45) is 6.15. The Labute approximate surface area is 99.2 Å². The zero-order chi connectivity index (χ0) is 11.0. The van der Waals surface area contributed by atoms with Crippen molar-refractivity contribution in [3.8, 4) is 0 Å². The Kier molecular flexibility index (Phi) is 2.44. The molecule has 16 heavy (non-hydrogen) atoms. The third-order valence-electron chi connectivity index (χ3n) is 3.05. The van der Waals surface area contributed by atoms with Crippen molar-refractivity contribution in [3.63, 3.8) is 0 Å². The van der Waals surface area contributed by atoms with Crippen LogP contribution in [0.4, 0.5) is 0 Å². The fourth-order valence-corrected chi connectivity index (χ4v) is 3.31. The lowest BCUT2D eigenvalue weighted by molar-refractivity contribution is 0.103. The average molecular weight is 228 g/mol. The molecule has 1 aliphatic carbocycles. The van der Waals surface area contributed by atoms with Crippen LogP contribution >= 0.6 is 11.8 Å². The molecule has 1 nitrogen and oxygen atoms in total. The van der Waals surface area contributed by atoms with Gasteiger partial charge < -0.3 is 0 Å². The summed E-state index contributed by atoms with van der Waals surface area (Å²) in [6.45, 7) is 0. The maximum absolute atomic E-state index is 12.4.